The Balaban J connectivity index is 1.68. The summed E-state index contributed by atoms with van der Waals surface area (Å²) in [6, 6.07) is 14.7. The second-order valence-corrected chi connectivity index (χ2v) is 7.97. The van der Waals surface area contributed by atoms with Gasteiger partial charge in [0.2, 0.25) is 11.0 Å². The van der Waals surface area contributed by atoms with Crippen LogP contribution in [-0.4, -0.2) is 20.7 Å². The van der Waals surface area contributed by atoms with Gasteiger partial charge in [0.15, 0.2) is 5.43 Å². The predicted octanol–water partition coefficient (Wildman–Crippen LogP) is 4.55. The number of benzene rings is 2. The molecule has 0 aliphatic rings. The van der Waals surface area contributed by atoms with E-state index < -0.39 is 0 Å². The van der Waals surface area contributed by atoms with E-state index in [-0.39, 0.29) is 17.9 Å². The van der Waals surface area contributed by atoms with Crippen molar-refractivity contribution < 1.29 is 4.79 Å². The lowest BCUT2D eigenvalue weighted by Gasteiger charge is -2.14. The van der Waals surface area contributed by atoms with Crippen LogP contribution in [0.2, 0.25) is 0 Å². The van der Waals surface area contributed by atoms with Crippen molar-refractivity contribution in [1.82, 2.24) is 14.8 Å². The molecule has 2 aromatic carbocycles. The van der Waals surface area contributed by atoms with Gasteiger partial charge in [0, 0.05) is 16.7 Å². The highest BCUT2D eigenvalue weighted by Crippen LogP contribution is 2.28. The van der Waals surface area contributed by atoms with Crippen molar-refractivity contribution in [3.63, 3.8) is 0 Å². The Morgan fingerprint density at radius 1 is 1.00 bits per heavy atom. The summed E-state index contributed by atoms with van der Waals surface area (Å²) >= 11 is 1.43. The van der Waals surface area contributed by atoms with Crippen LogP contribution >= 0.6 is 11.3 Å². The molecule has 4 rings (SSSR count). The first-order valence-corrected chi connectivity index (χ1v) is 10.6. The number of hydrogen-bond donors (Lipinski definition) is 1. The van der Waals surface area contributed by atoms with Gasteiger partial charge >= 0.3 is 0 Å². The molecule has 148 valence electrons. The van der Waals surface area contributed by atoms with Crippen LogP contribution in [0.1, 0.15) is 37.6 Å². The molecule has 29 heavy (non-hydrogen) atoms. The van der Waals surface area contributed by atoms with Gasteiger partial charge in [-0.25, -0.2) is 0 Å². The minimum atomic E-state index is -0.198. The van der Waals surface area contributed by atoms with Crippen molar-refractivity contribution in [2.24, 2.45) is 0 Å². The molecule has 0 fully saturated rings. The minimum absolute atomic E-state index is 0.0215. The zero-order valence-electron chi connectivity index (χ0n) is 16.4. The van der Waals surface area contributed by atoms with E-state index in [1.807, 2.05) is 41.0 Å². The number of fused-ring (bicyclic) bond motifs is 2. The van der Waals surface area contributed by atoms with E-state index in [1.165, 1.54) is 11.3 Å². The summed E-state index contributed by atoms with van der Waals surface area (Å²) in [5.74, 6) is 0.168. The van der Waals surface area contributed by atoms with Crippen molar-refractivity contribution in [3.05, 3.63) is 63.8 Å². The monoisotopic (exact) mass is 406 g/mol. The number of anilines is 1. The first kappa shape index (κ1) is 19.3. The molecule has 1 amide bonds. The molecule has 0 spiro atoms. The van der Waals surface area contributed by atoms with E-state index in [1.54, 1.807) is 12.1 Å². The minimum Gasteiger partial charge on any atom is -0.331 e. The van der Waals surface area contributed by atoms with Crippen LogP contribution in [0, 0.1) is 0 Å². The molecule has 0 aliphatic carbocycles. The van der Waals surface area contributed by atoms with E-state index in [4.69, 9.17) is 0 Å². The number of aromatic nitrogens is 3. The molecule has 0 saturated carbocycles. The van der Waals surface area contributed by atoms with Gasteiger partial charge < -0.3 is 4.57 Å². The average Bonchev–Trinajstić information content (AvgIpc) is 3.20. The number of carbonyl (C=O) groups is 1. The summed E-state index contributed by atoms with van der Waals surface area (Å²) in [4.78, 5) is 25.6. The molecule has 0 atom stereocenters. The van der Waals surface area contributed by atoms with Crippen LogP contribution in [0.15, 0.2) is 53.3 Å². The first-order valence-electron chi connectivity index (χ1n) is 9.75. The fourth-order valence-electron chi connectivity index (χ4n) is 3.64. The molecule has 0 aliphatic heterocycles. The lowest BCUT2D eigenvalue weighted by atomic mass is 10.1. The molecular weight excluding hydrogens is 384 g/mol. The molecule has 2 heterocycles. The Bertz CT molecular complexity index is 1180. The van der Waals surface area contributed by atoms with Crippen LogP contribution in [0.25, 0.3) is 21.8 Å². The van der Waals surface area contributed by atoms with Gasteiger partial charge in [-0.2, -0.15) is 0 Å². The van der Waals surface area contributed by atoms with Crippen molar-refractivity contribution in [1.29, 1.82) is 0 Å². The Morgan fingerprint density at radius 2 is 1.59 bits per heavy atom. The van der Waals surface area contributed by atoms with E-state index in [9.17, 15) is 9.59 Å². The predicted molar refractivity (Wildman–Crippen MR) is 118 cm³/mol. The number of para-hydroxylation sites is 2. The van der Waals surface area contributed by atoms with Gasteiger partial charge in [0.1, 0.15) is 11.6 Å². The summed E-state index contributed by atoms with van der Waals surface area (Å²) in [6.45, 7) is 4.34. The van der Waals surface area contributed by atoms with Crippen molar-refractivity contribution in [2.75, 3.05) is 5.32 Å². The molecular formula is C22H22N4O2S. The lowest BCUT2D eigenvalue weighted by molar-refractivity contribution is -0.116. The molecule has 0 unspecified atom stereocenters. The summed E-state index contributed by atoms with van der Waals surface area (Å²) in [5, 5.41) is 13.9. The normalized spacial score (nSPS) is 11.4. The number of rotatable bonds is 6. The fraction of sp³-hybridized carbons (Fsp3) is 0.273. The smallest absolute Gasteiger partial charge is 0.246 e. The third-order valence-electron chi connectivity index (χ3n) is 5.20. The van der Waals surface area contributed by atoms with Gasteiger partial charge in [0.25, 0.3) is 0 Å². The molecule has 7 heteroatoms. The number of nitrogens with zero attached hydrogens (tertiary/aromatic N) is 3. The van der Waals surface area contributed by atoms with Gasteiger partial charge in [-0.15, -0.1) is 10.2 Å². The quantitative estimate of drug-likeness (QED) is 0.477. The van der Waals surface area contributed by atoms with E-state index in [0.717, 1.165) is 28.9 Å². The molecule has 4 aromatic rings. The summed E-state index contributed by atoms with van der Waals surface area (Å²) in [6.07, 6.45) is 1.99. The summed E-state index contributed by atoms with van der Waals surface area (Å²) in [5.41, 5.74) is 1.45. The zero-order chi connectivity index (χ0) is 20.4. The molecule has 0 radical (unpaired) electrons. The Hall–Kier alpha value is -3.06. The maximum atomic E-state index is 12.8. The number of amides is 1. The summed E-state index contributed by atoms with van der Waals surface area (Å²) in [7, 11) is 0. The van der Waals surface area contributed by atoms with Crippen LogP contribution in [0.3, 0.4) is 0 Å². The molecule has 2 aromatic heterocycles. The topological polar surface area (TPSA) is 76.9 Å². The highest BCUT2D eigenvalue weighted by molar-refractivity contribution is 7.15. The van der Waals surface area contributed by atoms with Crippen LogP contribution < -0.4 is 10.7 Å². The summed E-state index contributed by atoms with van der Waals surface area (Å²) < 4.78 is 1.88. The number of carbonyl (C=O) groups excluding carboxylic acids is 1. The Labute approximate surface area is 172 Å². The second kappa shape index (κ2) is 8.13. The van der Waals surface area contributed by atoms with E-state index in [2.05, 4.69) is 29.4 Å². The largest absolute Gasteiger partial charge is 0.331 e. The van der Waals surface area contributed by atoms with E-state index >= 15 is 0 Å². The zero-order valence-corrected chi connectivity index (χ0v) is 17.2. The van der Waals surface area contributed by atoms with Crippen LogP contribution in [0.5, 0.6) is 0 Å². The maximum Gasteiger partial charge on any atom is 0.246 e. The lowest BCUT2D eigenvalue weighted by Crippen LogP contribution is -2.21. The van der Waals surface area contributed by atoms with Crippen LogP contribution in [-0.2, 0) is 11.3 Å². The van der Waals surface area contributed by atoms with Crippen molar-refractivity contribution in [3.8, 4) is 0 Å². The number of pyridine rings is 1. The third-order valence-corrected chi connectivity index (χ3v) is 6.20. The Kier molecular flexibility index (Phi) is 5.40. The van der Waals surface area contributed by atoms with Crippen molar-refractivity contribution >= 4 is 44.2 Å². The van der Waals surface area contributed by atoms with E-state index in [0.29, 0.717) is 21.8 Å². The number of hydrogen-bond acceptors (Lipinski definition) is 5. The highest BCUT2D eigenvalue weighted by atomic mass is 32.1. The molecule has 0 saturated heterocycles. The highest BCUT2D eigenvalue weighted by Gasteiger charge is 2.16. The number of nitrogens with one attached hydrogen (secondary N) is 1. The van der Waals surface area contributed by atoms with Crippen LogP contribution in [0.4, 0.5) is 5.13 Å². The van der Waals surface area contributed by atoms with Gasteiger partial charge in [0.05, 0.1) is 11.0 Å². The maximum absolute atomic E-state index is 12.8. The third kappa shape index (κ3) is 3.65. The average molecular weight is 407 g/mol. The second-order valence-electron chi connectivity index (χ2n) is 6.96. The first-order chi connectivity index (χ1) is 14.1. The Morgan fingerprint density at radius 3 is 2.17 bits per heavy atom. The molecule has 0 bridgehead atoms. The van der Waals surface area contributed by atoms with Gasteiger partial charge in [-0.05, 0) is 37.1 Å². The standard InChI is InChI=1S/C22H22N4O2S/c1-3-14(4-2)21-24-25-22(29-21)23-19(27)13-26-17-11-7-5-9-15(17)20(28)16-10-6-8-12-18(16)26/h5-12,14H,3-4,13H2,1-2H3,(H,23,25,27). The molecule has 1 N–H and O–H groups in total. The fourth-order valence-corrected chi connectivity index (χ4v) is 4.66. The van der Waals surface area contributed by atoms with Gasteiger partial charge in [-0.3, -0.25) is 14.9 Å². The van der Waals surface area contributed by atoms with Gasteiger partial charge in [-0.1, -0.05) is 49.4 Å². The SMILES string of the molecule is CCC(CC)c1nnc(NC(=O)Cn2c3ccccc3c(=O)c3ccccc32)s1. The van der Waals surface area contributed by atoms with Crippen molar-refractivity contribution in [2.45, 2.75) is 39.2 Å². The molecule has 6 nitrogen and oxygen atoms in total.